The van der Waals surface area contributed by atoms with Gasteiger partial charge in [0.2, 0.25) is 5.95 Å². The SMILES string of the molecule is CC1CCCC2CN(c3ncc4c(n3)CCN(CC3CCOCC3)CC4)CCN12. The summed E-state index contributed by atoms with van der Waals surface area (Å²) in [6.45, 7) is 11.1. The lowest BCUT2D eigenvalue weighted by molar-refractivity contribution is 0.0530. The van der Waals surface area contributed by atoms with Gasteiger partial charge >= 0.3 is 0 Å². The van der Waals surface area contributed by atoms with Crippen LogP contribution in [0.4, 0.5) is 5.95 Å². The van der Waals surface area contributed by atoms with Gasteiger partial charge in [0, 0.05) is 77.2 Å². The van der Waals surface area contributed by atoms with Gasteiger partial charge in [-0.15, -0.1) is 0 Å². The fourth-order valence-electron chi connectivity index (χ4n) is 5.84. The second kappa shape index (κ2) is 8.86. The summed E-state index contributed by atoms with van der Waals surface area (Å²) in [5.41, 5.74) is 2.66. The highest BCUT2D eigenvalue weighted by molar-refractivity contribution is 5.35. The summed E-state index contributed by atoms with van der Waals surface area (Å²) in [5, 5.41) is 0. The van der Waals surface area contributed by atoms with Gasteiger partial charge in [-0.2, -0.15) is 0 Å². The molecule has 5 heterocycles. The predicted octanol–water partition coefficient (Wildman–Crippen LogP) is 2.37. The number of hydrogen-bond acceptors (Lipinski definition) is 6. The van der Waals surface area contributed by atoms with E-state index in [1.165, 1.54) is 49.9 Å². The van der Waals surface area contributed by atoms with Crippen molar-refractivity contribution in [3.63, 3.8) is 0 Å². The normalized spacial score (nSPS) is 29.9. The van der Waals surface area contributed by atoms with Gasteiger partial charge in [-0.1, -0.05) is 6.42 Å². The number of aromatic nitrogens is 2. The van der Waals surface area contributed by atoms with Crippen LogP contribution in [-0.4, -0.2) is 84.3 Å². The van der Waals surface area contributed by atoms with Gasteiger partial charge in [-0.25, -0.2) is 9.97 Å². The minimum absolute atomic E-state index is 0.685. The van der Waals surface area contributed by atoms with E-state index in [2.05, 4.69) is 27.8 Å². The number of anilines is 1. The molecule has 0 radical (unpaired) electrons. The molecule has 4 aliphatic rings. The molecule has 5 rings (SSSR count). The molecule has 3 fully saturated rings. The molecule has 1 aromatic rings. The van der Waals surface area contributed by atoms with Gasteiger partial charge in [0.15, 0.2) is 0 Å². The molecule has 3 saturated heterocycles. The Morgan fingerprint density at radius 3 is 2.79 bits per heavy atom. The van der Waals surface area contributed by atoms with E-state index in [9.17, 15) is 0 Å². The minimum atomic E-state index is 0.685. The zero-order valence-electron chi connectivity index (χ0n) is 18.1. The van der Waals surface area contributed by atoms with Gasteiger partial charge in [0.25, 0.3) is 0 Å². The topological polar surface area (TPSA) is 44.7 Å². The third-order valence-corrected chi connectivity index (χ3v) is 7.70. The Labute approximate surface area is 175 Å². The van der Waals surface area contributed by atoms with Crippen molar-refractivity contribution in [3.8, 4) is 0 Å². The van der Waals surface area contributed by atoms with Gasteiger partial charge < -0.3 is 14.5 Å². The highest BCUT2D eigenvalue weighted by Crippen LogP contribution is 2.28. The highest BCUT2D eigenvalue weighted by Gasteiger charge is 2.34. The lowest BCUT2D eigenvalue weighted by Gasteiger charge is -2.47. The maximum Gasteiger partial charge on any atom is 0.225 e. The molecule has 0 N–H and O–H groups in total. The summed E-state index contributed by atoms with van der Waals surface area (Å²) in [4.78, 5) is 17.7. The van der Waals surface area contributed by atoms with Crippen LogP contribution in [0.15, 0.2) is 6.20 Å². The largest absolute Gasteiger partial charge is 0.381 e. The second-order valence-electron chi connectivity index (χ2n) is 9.62. The third kappa shape index (κ3) is 4.44. The van der Waals surface area contributed by atoms with Crippen LogP contribution < -0.4 is 4.90 Å². The van der Waals surface area contributed by atoms with E-state index in [1.54, 1.807) is 0 Å². The average molecular weight is 400 g/mol. The number of ether oxygens (including phenoxy) is 1. The summed E-state index contributed by atoms with van der Waals surface area (Å²) in [6, 6.07) is 1.43. The van der Waals surface area contributed by atoms with Crippen molar-refractivity contribution in [2.24, 2.45) is 5.92 Å². The number of rotatable bonds is 3. The van der Waals surface area contributed by atoms with Crippen molar-refractivity contribution in [3.05, 3.63) is 17.5 Å². The molecule has 2 unspecified atom stereocenters. The average Bonchev–Trinajstić information content (AvgIpc) is 2.96. The van der Waals surface area contributed by atoms with Crippen LogP contribution in [0.3, 0.4) is 0 Å². The molecule has 0 bridgehead atoms. The zero-order chi connectivity index (χ0) is 19.6. The molecule has 2 atom stereocenters. The maximum atomic E-state index is 5.53. The Bertz CT molecular complexity index is 692. The lowest BCUT2D eigenvalue weighted by Crippen LogP contribution is -2.58. The zero-order valence-corrected chi connectivity index (χ0v) is 18.1. The molecule has 0 amide bonds. The van der Waals surface area contributed by atoms with Crippen LogP contribution in [0.1, 0.15) is 50.3 Å². The lowest BCUT2D eigenvalue weighted by atomic mass is 9.94. The summed E-state index contributed by atoms with van der Waals surface area (Å²) in [6.07, 6.45) is 10.8. The van der Waals surface area contributed by atoms with Gasteiger partial charge in [0.1, 0.15) is 0 Å². The van der Waals surface area contributed by atoms with Crippen molar-refractivity contribution in [1.29, 1.82) is 0 Å². The molecule has 29 heavy (non-hydrogen) atoms. The number of fused-ring (bicyclic) bond motifs is 2. The first-order valence-corrected chi connectivity index (χ1v) is 11.9. The maximum absolute atomic E-state index is 5.53. The summed E-state index contributed by atoms with van der Waals surface area (Å²) in [7, 11) is 0. The molecule has 1 aromatic heterocycles. The van der Waals surface area contributed by atoms with E-state index >= 15 is 0 Å². The fraction of sp³-hybridized carbons (Fsp3) is 0.826. The van der Waals surface area contributed by atoms with Gasteiger partial charge in [-0.05, 0) is 50.5 Å². The van der Waals surface area contributed by atoms with Crippen molar-refractivity contribution < 1.29 is 4.74 Å². The van der Waals surface area contributed by atoms with Crippen molar-refractivity contribution in [2.45, 2.75) is 64.0 Å². The van der Waals surface area contributed by atoms with Crippen molar-refractivity contribution in [2.75, 3.05) is 57.4 Å². The quantitative estimate of drug-likeness (QED) is 0.778. The van der Waals surface area contributed by atoms with Crippen LogP contribution in [0, 0.1) is 5.92 Å². The third-order valence-electron chi connectivity index (χ3n) is 7.70. The van der Waals surface area contributed by atoms with E-state index in [4.69, 9.17) is 14.7 Å². The molecule has 0 spiro atoms. The Balaban J connectivity index is 1.22. The van der Waals surface area contributed by atoms with Crippen LogP contribution in [-0.2, 0) is 17.6 Å². The van der Waals surface area contributed by atoms with E-state index < -0.39 is 0 Å². The smallest absolute Gasteiger partial charge is 0.225 e. The molecule has 4 aliphatic heterocycles. The minimum Gasteiger partial charge on any atom is -0.381 e. The second-order valence-corrected chi connectivity index (χ2v) is 9.62. The molecule has 6 nitrogen and oxygen atoms in total. The Kier molecular flexibility index (Phi) is 6.02. The number of nitrogens with zero attached hydrogens (tertiary/aromatic N) is 5. The van der Waals surface area contributed by atoms with Crippen LogP contribution in [0.2, 0.25) is 0 Å². The van der Waals surface area contributed by atoms with E-state index in [0.29, 0.717) is 6.04 Å². The summed E-state index contributed by atoms with van der Waals surface area (Å²) >= 11 is 0. The van der Waals surface area contributed by atoms with E-state index in [-0.39, 0.29) is 0 Å². The fourth-order valence-corrected chi connectivity index (χ4v) is 5.84. The summed E-state index contributed by atoms with van der Waals surface area (Å²) < 4.78 is 5.53. The molecule has 0 saturated carbocycles. The molecular weight excluding hydrogens is 362 g/mol. The Morgan fingerprint density at radius 1 is 1.03 bits per heavy atom. The van der Waals surface area contributed by atoms with E-state index in [0.717, 1.165) is 76.7 Å². The number of hydrogen-bond donors (Lipinski definition) is 0. The first kappa shape index (κ1) is 19.7. The van der Waals surface area contributed by atoms with Gasteiger partial charge in [-0.3, -0.25) is 4.90 Å². The van der Waals surface area contributed by atoms with Crippen LogP contribution >= 0.6 is 0 Å². The monoisotopic (exact) mass is 399 g/mol. The molecule has 160 valence electrons. The number of piperazine rings is 1. The first-order valence-electron chi connectivity index (χ1n) is 11.9. The molecule has 6 heteroatoms. The standard InChI is InChI=1S/C23H37N5O/c1-18-3-2-4-21-17-27(11-12-28(18)21)23-24-15-20-5-9-26(10-6-22(20)25-23)16-19-7-13-29-14-8-19/h15,18-19,21H,2-14,16-17H2,1H3. The summed E-state index contributed by atoms with van der Waals surface area (Å²) in [5.74, 6) is 1.78. The van der Waals surface area contributed by atoms with Gasteiger partial charge in [0.05, 0.1) is 5.69 Å². The van der Waals surface area contributed by atoms with Crippen LogP contribution in [0.5, 0.6) is 0 Å². The van der Waals surface area contributed by atoms with E-state index in [1.807, 2.05) is 0 Å². The Hall–Kier alpha value is -1.24. The molecule has 0 aliphatic carbocycles. The predicted molar refractivity (Wildman–Crippen MR) is 115 cm³/mol. The number of piperidine rings is 1. The first-order chi connectivity index (χ1) is 14.3. The van der Waals surface area contributed by atoms with Crippen molar-refractivity contribution >= 4 is 5.95 Å². The van der Waals surface area contributed by atoms with Crippen molar-refractivity contribution in [1.82, 2.24) is 19.8 Å². The highest BCUT2D eigenvalue weighted by atomic mass is 16.5. The Morgan fingerprint density at radius 2 is 1.90 bits per heavy atom. The molecular formula is C23H37N5O. The van der Waals surface area contributed by atoms with Crippen LogP contribution in [0.25, 0.3) is 0 Å². The molecule has 0 aromatic carbocycles.